The van der Waals surface area contributed by atoms with Crippen LogP contribution >= 0.6 is 11.6 Å². The minimum Gasteiger partial charge on any atom is -0.493 e. The predicted octanol–water partition coefficient (Wildman–Crippen LogP) is 16.5. The van der Waals surface area contributed by atoms with Crippen LogP contribution < -0.4 is 14.4 Å². The van der Waals surface area contributed by atoms with E-state index in [0.29, 0.717) is 85.6 Å². The molecule has 0 bridgehead atoms. The number of aldehydes is 1. The Morgan fingerprint density at radius 1 is 0.854 bits per heavy atom. The lowest BCUT2D eigenvalue weighted by Crippen LogP contribution is -2.21. The van der Waals surface area contributed by atoms with Crippen LogP contribution in [0, 0.1) is 17.7 Å². The average Bonchev–Trinajstić information content (AvgIpc) is 4.05. The van der Waals surface area contributed by atoms with Crippen LogP contribution in [-0.4, -0.2) is 104 Å². The van der Waals surface area contributed by atoms with Crippen LogP contribution in [0.5, 0.6) is 11.5 Å². The molecule has 1 N–H and O–H groups in total. The molecule has 82 heavy (non-hydrogen) atoms. The maximum absolute atomic E-state index is 13.7. The number of para-hydroxylation sites is 1. The topological polar surface area (TPSA) is 139 Å². The van der Waals surface area contributed by atoms with Gasteiger partial charge in [-0.3, -0.25) is 14.4 Å². The van der Waals surface area contributed by atoms with Gasteiger partial charge in [-0.1, -0.05) is 124 Å². The second-order valence-corrected chi connectivity index (χ2v) is 21.6. The first-order valence-electron chi connectivity index (χ1n) is 29.7. The molecule has 1 amide bonds. The molecule has 4 aromatic carbocycles. The number of anilines is 1. The minimum absolute atomic E-state index is 0.0103. The van der Waals surface area contributed by atoms with Gasteiger partial charge >= 0.3 is 5.97 Å². The van der Waals surface area contributed by atoms with E-state index in [1.807, 2.05) is 74.7 Å². The standard InChI is InChI=1S/C36H40ClFN2O3.C14H19NO3.C9H16O2.C7H17N.C2H6/c1-6-22(2)16-19-40-34-29(14-15-30(37)33(34)32-23(3)17-18-39(5)24(32)4)28(35(40)36(41)42)10-8-20-43-31-11-7-9-25-21-26(38)12-13-27(25)31;1-4-11(2)12-6-5-7-13(18-9-8-16)14(12)15(3)10-17;1-4-9(11)7(2)5-6-8(3)10;1-4-6-8(3)7-5-2;1-2/h7,9,11-15,17,21-22H,6,8,10,16,18-20H2,1-5H3,(H,41,42);5-8,10-11H,4,9H2,1-3H3;7H,4-6H2,1-3H3;4-7H2,1-3H3;1-2H3. The number of aromatic nitrogens is 1. The Kier molecular flexibility index (Phi) is 33.0. The number of aromatic carboxylic acids is 1. The zero-order valence-electron chi connectivity index (χ0n) is 52.5. The number of ketones is 2. The summed E-state index contributed by atoms with van der Waals surface area (Å²) in [7, 11) is 5.92. The molecule has 1 aliphatic heterocycles. The maximum Gasteiger partial charge on any atom is 0.352 e. The Morgan fingerprint density at radius 2 is 1.50 bits per heavy atom. The van der Waals surface area contributed by atoms with Crippen molar-refractivity contribution < 1.29 is 42.9 Å². The fourth-order valence-corrected chi connectivity index (χ4v) is 10.0. The van der Waals surface area contributed by atoms with E-state index >= 15 is 0 Å². The van der Waals surface area contributed by atoms with E-state index in [4.69, 9.17) is 21.1 Å². The summed E-state index contributed by atoms with van der Waals surface area (Å²) in [5, 5.41) is 13.8. The number of nitrogens with zero attached hydrogens (tertiary/aromatic N) is 4. The first-order chi connectivity index (χ1) is 39.1. The molecule has 0 fully saturated rings. The van der Waals surface area contributed by atoms with Gasteiger partial charge in [-0.05, 0) is 156 Å². The number of carboxylic acids is 1. The van der Waals surface area contributed by atoms with Gasteiger partial charge in [-0.25, -0.2) is 9.18 Å². The van der Waals surface area contributed by atoms with Gasteiger partial charge < -0.3 is 38.6 Å². The average molecular weight is 1150 g/mol. The number of aryl methyl sites for hydroxylation is 2. The van der Waals surface area contributed by atoms with Crippen LogP contribution in [0.2, 0.25) is 5.02 Å². The number of carbonyl (C=O) groups excluding carboxylic acids is 4. The van der Waals surface area contributed by atoms with Gasteiger partial charge in [-0.2, -0.15) is 0 Å². The van der Waals surface area contributed by atoms with E-state index in [2.05, 4.69) is 85.4 Å². The molecule has 3 atom stereocenters. The second kappa shape index (κ2) is 37.7. The van der Waals surface area contributed by atoms with Gasteiger partial charge in [0, 0.05) is 73.6 Å². The normalized spacial score (nSPS) is 13.0. The van der Waals surface area contributed by atoms with Gasteiger partial charge in [-0.15, -0.1) is 0 Å². The lowest BCUT2D eigenvalue weighted by molar-refractivity contribution is -0.122. The second-order valence-electron chi connectivity index (χ2n) is 21.2. The highest BCUT2D eigenvalue weighted by atomic mass is 35.5. The first-order valence-corrected chi connectivity index (χ1v) is 30.1. The van der Waals surface area contributed by atoms with Crippen molar-refractivity contribution in [3.05, 3.63) is 117 Å². The minimum atomic E-state index is -0.937. The van der Waals surface area contributed by atoms with Crippen molar-refractivity contribution in [2.75, 3.05) is 58.9 Å². The summed E-state index contributed by atoms with van der Waals surface area (Å²) in [4.78, 5) is 62.0. The number of carboxylic acid groups (broad SMARTS) is 1. The molecule has 0 saturated heterocycles. The molecule has 3 unspecified atom stereocenters. The number of likely N-dealkylation sites (N-methyl/N-ethyl adjacent to an activating group) is 1. The molecule has 6 rings (SSSR count). The maximum atomic E-state index is 13.7. The Morgan fingerprint density at radius 3 is 2.09 bits per heavy atom. The molecule has 1 aromatic heterocycles. The molecule has 1 aliphatic rings. The van der Waals surface area contributed by atoms with E-state index in [1.165, 1.54) is 43.0 Å². The monoisotopic (exact) mass is 1150 g/mol. The Balaban J connectivity index is 0.000000480. The summed E-state index contributed by atoms with van der Waals surface area (Å²) in [5.41, 5.74) is 8.02. The van der Waals surface area contributed by atoms with Crippen molar-refractivity contribution in [2.45, 2.75) is 167 Å². The molecule has 5 aromatic rings. The highest BCUT2D eigenvalue weighted by Crippen LogP contribution is 2.43. The number of benzene rings is 4. The molecule has 0 radical (unpaired) electrons. The third kappa shape index (κ3) is 21.1. The van der Waals surface area contributed by atoms with Crippen molar-refractivity contribution in [3.63, 3.8) is 0 Å². The molecule has 14 heteroatoms. The molecular formula is C68H98ClFN4O8. The van der Waals surface area contributed by atoms with E-state index in [1.54, 1.807) is 26.1 Å². The van der Waals surface area contributed by atoms with Gasteiger partial charge in [0.25, 0.3) is 0 Å². The summed E-state index contributed by atoms with van der Waals surface area (Å²) in [5.74, 6) is 1.29. The number of carbonyl (C=O) groups is 5. The number of ether oxygens (including phenoxy) is 2. The molecule has 2 heterocycles. The zero-order valence-corrected chi connectivity index (χ0v) is 53.2. The summed E-state index contributed by atoms with van der Waals surface area (Å²) >= 11 is 6.99. The number of hydrogen-bond donors (Lipinski definition) is 1. The van der Waals surface area contributed by atoms with E-state index < -0.39 is 5.97 Å². The van der Waals surface area contributed by atoms with Crippen molar-refractivity contribution in [3.8, 4) is 11.5 Å². The van der Waals surface area contributed by atoms with Crippen LogP contribution in [0.3, 0.4) is 0 Å². The van der Waals surface area contributed by atoms with Crippen molar-refractivity contribution >= 4 is 74.8 Å². The van der Waals surface area contributed by atoms with Crippen molar-refractivity contribution in [1.82, 2.24) is 14.4 Å². The van der Waals surface area contributed by atoms with Crippen LogP contribution in [-0.2, 0) is 32.1 Å². The predicted molar refractivity (Wildman–Crippen MR) is 340 cm³/mol. The Hall–Kier alpha value is -6.31. The number of halogens is 2. The van der Waals surface area contributed by atoms with E-state index in [9.17, 15) is 33.5 Å². The third-order valence-corrected chi connectivity index (χ3v) is 15.2. The number of rotatable bonds is 27. The number of amides is 1. The molecule has 0 aliphatic carbocycles. The van der Waals surface area contributed by atoms with Crippen LogP contribution in [0.4, 0.5) is 10.1 Å². The number of hydrogen-bond acceptors (Lipinski definition) is 9. The number of allylic oxidation sites excluding steroid dienone is 3. The lowest BCUT2D eigenvalue weighted by Gasteiger charge is -2.29. The van der Waals surface area contributed by atoms with Crippen molar-refractivity contribution in [1.29, 1.82) is 0 Å². The van der Waals surface area contributed by atoms with Crippen LogP contribution in [0.1, 0.15) is 181 Å². The largest absolute Gasteiger partial charge is 0.493 e. The molecular weight excluding hydrogens is 1060 g/mol. The highest BCUT2D eigenvalue weighted by Gasteiger charge is 2.29. The quantitative estimate of drug-likeness (QED) is 0.0399. The third-order valence-electron chi connectivity index (χ3n) is 14.9. The van der Waals surface area contributed by atoms with E-state index in [-0.39, 0.29) is 29.9 Å². The zero-order chi connectivity index (χ0) is 61.6. The summed E-state index contributed by atoms with van der Waals surface area (Å²) in [6.07, 6.45) is 12.0. The Bertz CT molecular complexity index is 2890. The van der Waals surface area contributed by atoms with Crippen LogP contribution in [0.15, 0.2) is 84.1 Å². The molecule has 0 saturated carbocycles. The SMILES string of the molecule is CC.CCC(=O)C(C)CCC(C)=O.CCC(C)CCn1c(C(=O)O)c(CCCOc2cccc3cc(F)ccc23)c2ccc(Cl)c(C3=C(C)N(C)CC=C3C)c21.CCC(C)c1cccc(OCC=O)c1N(C)C=O.CCCN(C)CCC. The van der Waals surface area contributed by atoms with Gasteiger partial charge in [0.15, 0.2) is 6.29 Å². The summed E-state index contributed by atoms with van der Waals surface area (Å²) in [6, 6.07) is 19.8. The number of Topliss-reactive ketones (excluding diaryl/α,β-unsaturated/α-hetero) is 2. The summed E-state index contributed by atoms with van der Waals surface area (Å²) in [6.45, 7) is 30.8. The lowest BCUT2D eigenvalue weighted by atomic mass is 9.91. The van der Waals surface area contributed by atoms with Gasteiger partial charge in [0.2, 0.25) is 6.41 Å². The van der Waals surface area contributed by atoms with Gasteiger partial charge in [0.05, 0.1) is 22.8 Å². The summed E-state index contributed by atoms with van der Waals surface area (Å²) < 4.78 is 27.3. The number of fused-ring (bicyclic) bond motifs is 2. The fraction of sp³-hybridized carbons (Fsp3) is 0.515. The molecule has 452 valence electrons. The fourth-order valence-electron chi connectivity index (χ4n) is 9.79. The highest BCUT2D eigenvalue weighted by molar-refractivity contribution is 6.34. The first kappa shape index (κ1) is 71.8. The van der Waals surface area contributed by atoms with E-state index in [0.717, 1.165) is 93.1 Å². The molecule has 0 spiro atoms. The van der Waals surface area contributed by atoms with Crippen molar-refractivity contribution in [2.24, 2.45) is 11.8 Å². The van der Waals surface area contributed by atoms with Crippen LogP contribution in [0.25, 0.3) is 27.2 Å². The Labute approximate surface area is 496 Å². The smallest absolute Gasteiger partial charge is 0.352 e. The molecule has 12 nitrogen and oxygen atoms in total. The van der Waals surface area contributed by atoms with Gasteiger partial charge in [0.1, 0.15) is 41.2 Å².